The smallest absolute Gasteiger partial charge is 0.330 e. The molecule has 1 aromatic heterocycles. The van der Waals surface area contributed by atoms with Gasteiger partial charge in [0.1, 0.15) is 17.9 Å². The molecular formula is C24H32N2O6Si. The molecule has 33 heavy (non-hydrogen) atoms. The predicted octanol–water partition coefficient (Wildman–Crippen LogP) is 2.05. The summed E-state index contributed by atoms with van der Waals surface area (Å²) in [6.07, 6.45) is -0.990. The lowest BCUT2D eigenvalue weighted by atomic mass is 10.2. The van der Waals surface area contributed by atoms with Crippen molar-refractivity contribution < 1.29 is 19.4 Å². The molecule has 0 spiro atoms. The van der Waals surface area contributed by atoms with Gasteiger partial charge in [-0.05, 0) is 16.6 Å². The maximum atomic E-state index is 12.5. The van der Waals surface area contributed by atoms with Crippen LogP contribution in [0.2, 0.25) is 11.1 Å². The molecule has 1 aliphatic rings. The third-order valence-corrected chi connectivity index (χ3v) is 10.7. The van der Waals surface area contributed by atoms with Gasteiger partial charge in [-0.15, -0.1) is 0 Å². The second kappa shape index (κ2) is 10.6. The highest BCUT2D eigenvalue weighted by molar-refractivity contribution is 6.84. The number of rotatable bonds is 7. The second-order valence-corrected chi connectivity index (χ2v) is 13.4. The first-order valence-corrected chi connectivity index (χ1v) is 13.2. The molecule has 1 aliphatic heterocycles. The van der Waals surface area contributed by atoms with E-state index in [4.69, 9.17) is 9.16 Å². The summed E-state index contributed by atoms with van der Waals surface area (Å²) in [5, 5.41) is 19.3. The lowest BCUT2D eigenvalue weighted by Crippen LogP contribution is -2.44. The lowest BCUT2D eigenvalue weighted by molar-refractivity contribution is -0.0459. The van der Waals surface area contributed by atoms with Crippen molar-refractivity contribution in [3.8, 4) is 11.5 Å². The van der Waals surface area contributed by atoms with Gasteiger partial charge in [0.2, 0.25) is 0 Å². The highest BCUT2D eigenvalue weighted by Gasteiger charge is 2.41. The van der Waals surface area contributed by atoms with Crippen LogP contribution in [0.15, 0.2) is 46.1 Å². The Morgan fingerprint density at radius 2 is 1.88 bits per heavy atom. The van der Waals surface area contributed by atoms with Crippen molar-refractivity contribution in [1.29, 1.82) is 0 Å². The van der Waals surface area contributed by atoms with E-state index in [9.17, 15) is 19.8 Å². The van der Waals surface area contributed by atoms with Crippen LogP contribution in [-0.4, -0.2) is 46.9 Å². The molecule has 3 atom stereocenters. The molecule has 3 N–H and O–H groups in total. The number of aromatic nitrogens is 2. The first-order chi connectivity index (χ1) is 15.7. The Balaban J connectivity index is 1.96. The summed E-state index contributed by atoms with van der Waals surface area (Å²) in [7, 11) is -2.63. The molecule has 3 rings (SSSR count). The molecule has 2 heterocycles. The van der Waals surface area contributed by atoms with E-state index in [-0.39, 0.29) is 29.7 Å². The van der Waals surface area contributed by atoms with Crippen molar-refractivity contribution in [3.05, 3.63) is 68.5 Å². The van der Waals surface area contributed by atoms with Gasteiger partial charge in [0.15, 0.2) is 0 Å². The van der Waals surface area contributed by atoms with Gasteiger partial charge in [0, 0.05) is 12.6 Å². The van der Waals surface area contributed by atoms with Crippen LogP contribution in [0.25, 0.3) is 0 Å². The van der Waals surface area contributed by atoms with Gasteiger partial charge >= 0.3 is 5.69 Å². The van der Waals surface area contributed by atoms with Crippen molar-refractivity contribution >= 4 is 8.32 Å². The average Bonchev–Trinajstić information content (AvgIpc) is 3.15. The number of aliphatic hydroxyl groups excluding tert-OH is 2. The number of nitrogens with zero attached hydrogens (tertiary/aromatic N) is 1. The van der Waals surface area contributed by atoms with Crippen LogP contribution in [0.1, 0.15) is 51.5 Å². The standard InChI is InChI=1S/C24H32N2O6Si/c1-16(2)33(17(3)4,31-15-18-8-6-5-7-9-18)11-10-19-13-26(24(30)25-23(19)29)22-12-20(28)21(14-27)32-22/h5-9,13,16-17,20-22,27-28H,12,14-15H2,1-4H3,(H,25,29,30)/t20?,21-,22-/m1/s1. The van der Waals surface area contributed by atoms with Crippen LogP contribution < -0.4 is 11.2 Å². The van der Waals surface area contributed by atoms with Crippen LogP contribution in [0, 0.1) is 11.5 Å². The average molecular weight is 473 g/mol. The van der Waals surface area contributed by atoms with Crippen LogP contribution in [-0.2, 0) is 15.8 Å². The van der Waals surface area contributed by atoms with E-state index in [0.29, 0.717) is 6.61 Å². The van der Waals surface area contributed by atoms with Crippen molar-refractivity contribution in [1.82, 2.24) is 9.55 Å². The van der Waals surface area contributed by atoms with E-state index < -0.39 is 38.0 Å². The summed E-state index contributed by atoms with van der Waals surface area (Å²) in [6, 6.07) is 9.89. The number of aromatic amines is 1. The van der Waals surface area contributed by atoms with E-state index >= 15 is 0 Å². The quantitative estimate of drug-likeness (QED) is 0.420. The van der Waals surface area contributed by atoms with E-state index in [1.165, 1.54) is 10.8 Å². The fourth-order valence-electron chi connectivity index (χ4n) is 4.11. The van der Waals surface area contributed by atoms with Crippen LogP contribution >= 0.6 is 0 Å². The van der Waals surface area contributed by atoms with E-state index in [1.54, 1.807) is 0 Å². The van der Waals surface area contributed by atoms with Crippen LogP contribution in [0.4, 0.5) is 0 Å². The highest BCUT2D eigenvalue weighted by Crippen LogP contribution is 2.34. The lowest BCUT2D eigenvalue weighted by Gasteiger charge is -2.33. The second-order valence-electron chi connectivity index (χ2n) is 8.95. The van der Waals surface area contributed by atoms with E-state index in [2.05, 4.69) is 44.1 Å². The summed E-state index contributed by atoms with van der Waals surface area (Å²) in [4.78, 5) is 27.2. The molecule has 8 nitrogen and oxygen atoms in total. The largest absolute Gasteiger partial charge is 0.400 e. The first-order valence-electron chi connectivity index (χ1n) is 11.2. The third-order valence-electron chi connectivity index (χ3n) is 6.09. The Hall–Kier alpha value is -2.48. The topological polar surface area (TPSA) is 114 Å². The number of ether oxygens (including phenoxy) is 1. The summed E-state index contributed by atoms with van der Waals surface area (Å²) >= 11 is 0. The minimum Gasteiger partial charge on any atom is -0.400 e. The number of aliphatic hydroxyl groups is 2. The van der Waals surface area contributed by atoms with E-state index in [0.717, 1.165) is 5.56 Å². The molecule has 178 valence electrons. The van der Waals surface area contributed by atoms with Gasteiger partial charge in [0.05, 0.1) is 19.3 Å². The van der Waals surface area contributed by atoms with Gasteiger partial charge in [-0.3, -0.25) is 14.3 Å². The molecule has 2 aromatic rings. The van der Waals surface area contributed by atoms with Crippen LogP contribution in [0.3, 0.4) is 0 Å². The number of H-pyrrole nitrogens is 1. The monoisotopic (exact) mass is 472 g/mol. The number of benzene rings is 1. The Bertz CT molecular complexity index is 1110. The first kappa shape index (κ1) is 25.1. The van der Waals surface area contributed by atoms with Crippen molar-refractivity contribution in [3.63, 3.8) is 0 Å². The number of hydrogen-bond acceptors (Lipinski definition) is 6. The highest BCUT2D eigenvalue weighted by atomic mass is 28.4. The molecule has 1 fully saturated rings. The molecular weight excluding hydrogens is 440 g/mol. The maximum Gasteiger partial charge on any atom is 0.330 e. The van der Waals surface area contributed by atoms with Crippen molar-refractivity contribution in [2.24, 2.45) is 0 Å². The molecule has 1 saturated heterocycles. The summed E-state index contributed by atoms with van der Waals surface area (Å²) in [5.74, 6) is 3.00. The van der Waals surface area contributed by atoms with Crippen LogP contribution in [0.5, 0.6) is 0 Å². The molecule has 0 saturated carbocycles. The zero-order valence-electron chi connectivity index (χ0n) is 19.4. The van der Waals surface area contributed by atoms with Gasteiger partial charge in [-0.25, -0.2) is 4.79 Å². The minimum atomic E-state index is -2.63. The Kier molecular flexibility index (Phi) is 8.10. The Morgan fingerprint density at radius 3 is 2.45 bits per heavy atom. The van der Waals surface area contributed by atoms with Gasteiger partial charge in [-0.2, -0.15) is 0 Å². The zero-order valence-corrected chi connectivity index (χ0v) is 20.4. The fraction of sp³-hybridized carbons (Fsp3) is 0.500. The van der Waals surface area contributed by atoms with Gasteiger partial charge < -0.3 is 19.4 Å². The molecule has 0 radical (unpaired) electrons. The van der Waals surface area contributed by atoms with Crippen molar-refractivity contribution in [2.75, 3.05) is 6.61 Å². The molecule has 9 heteroatoms. The third kappa shape index (κ3) is 5.54. The normalized spacial score (nSPS) is 20.8. The van der Waals surface area contributed by atoms with Gasteiger partial charge in [-0.1, -0.05) is 69.5 Å². The predicted molar refractivity (Wildman–Crippen MR) is 127 cm³/mol. The molecule has 0 aliphatic carbocycles. The molecule has 0 amide bonds. The van der Waals surface area contributed by atoms with Gasteiger partial charge in [0.25, 0.3) is 13.9 Å². The molecule has 0 bridgehead atoms. The summed E-state index contributed by atoms with van der Waals surface area (Å²) in [5.41, 5.74) is 3.60. The van der Waals surface area contributed by atoms with E-state index in [1.807, 2.05) is 30.3 Å². The Labute approximate surface area is 194 Å². The minimum absolute atomic E-state index is 0.126. The van der Waals surface area contributed by atoms with Crippen molar-refractivity contribution in [2.45, 2.75) is 70.2 Å². The fourth-order valence-corrected chi connectivity index (χ4v) is 7.49. The Morgan fingerprint density at radius 1 is 1.21 bits per heavy atom. The molecule has 1 unspecified atom stereocenters. The molecule has 1 aromatic carbocycles. The summed E-state index contributed by atoms with van der Waals surface area (Å²) < 4.78 is 13.3. The summed E-state index contributed by atoms with van der Waals surface area (Å²) in [6.45, 7) is 8.40. The number of hydrogen-bond donors (Lipinski definition) is 3. The SMILES string of the molecule is CC(C)[Si](C#Cc1cn([C@H]2CC(O)[C@@H](CO)O2)c(=O)[nH]c1=O)(OCc1ccccc1)C(C)C. The zero-order chi connectivity index (χ0) is 24.2. The number of nitrogens with one attached hydrogen (secondary N) is 1. The maximum absolute atomic E-state index is 12.5.